The summed E-state index contributed by atoms with van der Waals surface area (Å²) in [5.74, 6) is -0.362. The predicted molar refractivity (Wildman–Crippen MR) is 87.9 cm³/mol. The first-order valence-electron chi connectivity index (χ1n) is 5.22. The highest BCUT2D eigenvalue weighted by molar-refractivity contribution is 14.1. The second-order valence-corrected chi connectivity index (χ2v) is 6.17. The van der Waals surface area contributed by atoms with Gasteiger partial charge in [0.25, 0.3) is 5.91 Å². The first-order chi connectivity index (χ1) is 8.97. The molecule has 0 radical (unpaired) electrons. The number of nitrogens with one attached hydrogen (secondary N) is 1. The summed E-state index contributed by atoms with van der Waals surface area (Å²) in [5, 5.41) is 12.4. The van der Waals surface area contributed by atoms with Crippen molar-refractivity contribution in [3.05, 3.63) is 55.0 Å². The van der Waals surface area contributed by atoms with Crippen LogP contribution in [0.2, 0.25) is 5.02 Å². The number of hydrogen-bond donors (Lipinski definition) is 2. The molecule has 2 aromatic rings. The highest BCUT2D eigenvalue weighted by atomic mass is 127. The third-order valence-electron chi connectivity index (χ3n) is 2.37. The molecule has 0 fully saturated rings. The minimum atomic E-state index is -0.362. The maximum Gasteiger partial charge on any atom is 0.257 e. The first kappa shape index (κ1) is 14.6. The molecule has 19 heavy (non-hydrogen) atoms. The van der Waals surface area contributed by atoms with Crippen molar-refractivity contribution in [3.8, 4) is 5.75 Å². The number of phenolic OH excluding ortho intramolecular Hbond substituents is 1. The number of aromatic hydroxyl groups is 1. The zero-order chi connectivity index (χ0) is 14.0. The molecule has 2 rings (SSSR count). The van der Waals surface area contributed by atoms with Gasteiger partial charge >= 0.3 is 0 Å². The van der Waals surface area contributed by atoms with Crippen LogP contribution in [0.3, 0.4) is 0 Å². The largest absolute Gasteiger partial charge is 0.508 e. The lowest BCUT2D eigenvalue weighted by Gasteiger charge is -2.08. The van der Waals surface area contributed by atoms with Crippen LogP contribution < -0.4 is 5.32 Å². The lowest BCUT2D eigenvalue weighted by molar-refractivity contribution is 0.102. The average Bonchev–Trinajstić information content (AvgIpc) is 2.36. The van der Waals surface area contributed by atoms with Crippen molar-refractivity contribution in [2.45, 2.75) is 0 Å². The Labute approximate surface area is 137 Å². The van der Waals surface area contributed by atoms with Gasteiger partial charge in [0.1, 0.15) is 5.75 Å². The van der Waals surface area contributed by atoms with Gasteiger partial charge < -0.3 is 10.4 Å². The summed E-state index contributed by atoms with van der Waals surface area (Å²) in [5.41, 5.74) is 0.900. The number of carbonyl (C=O) groups excluding carboxylic acids is 1. The Morgan fingerprint density at radius 3 is 2.68 bits per heavy atom. The predicted octanol–water partition coefficient (Wildman–Crippen LogP) is 4.67. The Morgan fingerprint density at radius 1 is 1.26 bits per heavy atom. The third-order valence-corrected chi connectivity index (χ3v) is 5.03. The molecule has 98 valence electrons. The van der Waals surface area contributed by atoms with E-state index in [-0.39, 0.29) is 17.2 Å². The Balaban J connectivity index is 2.25. The van der Waals surface area contributed by atoms with E-state index in [1.165, 1.54) is 18.2 Å². The van der Waals surface area contributed by atoms with Gasteiger partial charge in [0.05, 0.1) is 10.6 Å². The number of rotatable bonds is 2. The van der Waals surface area contributed by atoms with E-state index in [9.17, 15) is 9.90 Å². The molecule has 0 aliphatic heterocycles. The van der Waals surface area contributed by atoms with Crippen LogP contribution in [0.4, 0.5) is 5.69 Å². The lowest BCUT2D eigenvalue weighted by atomic mass is 10.2. The van der Waals surface area contributed by atoms with Gasteiger partial charge in [-0.3, -0.25) is 4.79 Å². The molecule has 0 bridgehead atoms. The van der Waals surface area contributed by atoms with Crippen molar-refractivity contribution >= 4 is 61.7 Å². The molecule has 0 saturated heterocycles. The molecule has 0 saturated carbocycles. The summed E-state index contributed by atoms with van der Waals surface area (Å²) in [7, 11) is 0. The van der Waals surface area contributed by atoms with Gasteiger partial charge in [-0.05, 0) is 74.9 Å². The highest BCUT2D eigenvalue weighted by Gasteiger charge is 2.12. The van der Waals surface area contributed by atoms with Gasteiger partial charge in [0, 0.05) is 13.7 Å². The molecule has 0 aromatic heterocycles. The fraction of sp³-hybridized carbons (Fsp3) is 0. The van der Waals surface area contributed by atoms with Crippen molar-refractivity contribution in [2.75, 3.05) is 5.32 Å². The lowest BCUT2D eigenvalue weighted by Crippen LogP contribution is -2.12. The topological polar surface area (TPSA) is 49.3 Å². The summed E-state index contributed by atoms with van der Waals surface area (Å²) in [6.07, 6.45) is 0. The second-order valence-electron chi connectivity index (χ2n) is 3.75. The Kier molecular flexibility index (Phi) is 4.70. The van der Waals surface area contributed by atoms with E-state index < -0.39 is 0 Å². The maximum absolute atomic E-state index is 12.1. The SMILES string of the molecule is O=C(Nc1ccc(Br)c(I)c1)c1cc(O)ccc1Cl. The average molecular weight is 452 g/mol. The third kappa shape index (κ3) is 3.61. The molecule has 0 heterocycles. The van der Waals surface area contributed by atoms with Crippen LogP contribution in [0, 0.1) is 3.57 Å². The summed E-state index contributed by atoms with van der Waals surface area (Å²) in [6.45, 7) is 0. The minimum Gasteiger partial charge on any atom is -0.508 e. The Morgan fingerprint density at radius 2 is 2.00 bits per heavy atom. The van der Waals surface area contributed by atoms with Crippen LogP contribution >= 0.6 is 50.1 Å². The van der Waals surface area contributed by atoms with E-state index in [4.69, 9.17) is 11.6 Å². The maximum atomic E-state index is 12.1. The fourth-order valence-corrected chi connectivity index (χ4v) is 2.42. The summed E-state index contributed by atoms with van der Waals surface area (Å²) in [6, 6.07) is 9.71. The van der Waals surface area contributed by atoms with E-state index in [1.54, 1.807) is 6.07 Å². The number of anilines is 1. The van der Waals surface area contributed by atoms with Crippen LogP contribution in [0.15, 0.2) is 40.9 Å². The van der Waals surface area contributed by atoms with Crippen LogP contribution in [-0.4, -0.2) is 11.0 Å². The molecule has 0 aliphatic rings. The van der Waals surface area contributed by atoms with Gasteiger partial charge in [-0.15, -0.1) is 0 Å². The zero-order valence-electron chi connectivity index (χ0n) is 9.45. The van der Waals surface area contributed by atoms with Crippen molar-refractivity contribution in [3.63, 3.8) is 0 Å². The van der Waals surface area contributed by atoms with Crippen LogP contribution in [-0.2, 0) is 0 Å². The van der Waals surface area contributed by atoms with Gasteiger partial charge in [-0.1, -0.05) is 11.6 Å². The molecule has 1 amide bonds. The summed E-state index contributed by atoms with van der Waals surface area (Å²) >= 11 is 11.5. The number of amides is 1. The summed E-state index contributed by atoms with van der Waals surface area (Å²) < 4.78 is 1.94. The van der Waals surface area contributed by atoms with Gasteiger partial charge in [-0.2, -0.15) is 0 Å². The first-order valence-corrected chi connectivity index (χ1v) is 7.47. The molecular formula is C13H8BrClINO2. The minimum absolute atomic E-state index is 0.0000586. The number of phenols is 1. The van der Waals surface area contributed by atoms with E-state index in [0.29, 0.717) is 10.7 Å². The van der Waals surface area contributed by atoms with E-state index in [2.05, 4.69) is 43.8 Å². The molecule has 0 atom stereocenters. The summed E-state index contributed by atoms with van der Waals surface area (Å²) in [4.78, 5) is 12.1. The Hall–Kier alpha value is -0.790. The second kappa shape index (κ2) is 6.11. The molecule has 0 aliphatic carbocycles. The smallest absolute Gasteiger partial charge is 0.257 e. The monoisotopic (exact) mass is 451 g/mol. The molecule has 0 unspecified atom stereocenters. The van der Waals surface area contributed by atoms with Crippen LogP contribution in [0.5, 0.6) is 5.75 Å². The highest BCUT2D eigenvalue weighted by Crippen LogP contribution is 2.25. The fourth-order valence-electron chi connectivity index (χ4n) is 1.46. The molecule has 0 spiro atoms. The molecule has 2 N–H and O–H groups in total. The van der Waals surface area contributed by atoms with Gasteiger partial charge in [0.2, 0.25) is 0 Å². The molecular weight excluding hydrogens is 444 g/mol. The quantitative estimate of drug-likeness (QED) is 0.651. The van der Waals surface area contributed by atoms with Crippen LogP contribution in [0.25, 0.3) is 0 Å². The number of halogens is 3. The standard InChI is InChI=1S/C13H8BrClINO2/c14-10-3-1-7(5-12(10)16)17-13(19)9-6-8(18)2-4-11(9)15/h1-6,18H,(H,17,19). The number of benzene rings is 2. The Bertz CT molecular complexity index is 649. The van der Waals surface area contributed by atoms with Crippen molar-refractivity contribution in [1.82, 2.24) is 0 Å². The van der Waals surface area contributed by atoms with Crippen molar-refractivity contribution in [2.24, 2.45) is 0 Å². The number of carbonyl (C=O) groups is 1. The zero-order valence-corrected chi connectivity index (χ0v) is 14.0. The molecule has 2 aromatic carbocycles. The molecule has 6 heteroatoms. The van der Waals surface area contributed by atoms with Gasteiger partial charge in [0.15, 0.2) is 0 Å². The van der Waals surface area contributed by atoms with E-state index in [0.717, 1.165) is 8.04 Å². The normalized spacial score (nSPS) is 10.3. The van der Waals surface area contributed by atoms with E-state index >= 15 is 0 Å². The van der Waals surface area contributed by atoms with Crippen molar-refractivity contribution < 1.29 is 9.90 Å². The van der Waals surface area contributed by atoms with Crippen molar-refractivity contribution in [1.29, 1.82) is 0 Å². The van der Waals surface area contributed by atoms with Gasteiger partial charge in [-0.25, -0.2) is 0 Å². The van der Waals surface area contributed by atoms with Crippen LogP contribution in [0.1, 0.15) is 10.4 Å². The van der Waals surface area contributed by atoms with E-state index in [1.807, 2.05) is 12.1 Å². The molecule has 3 nitrogen and oxygen atoms in total. The number of hydrogen-bond acceptors (Lipinski definition) is 2.